The van der Waals surface area contributed by atoms with Gasteiger partial charge in [-0.3, -0.25) is 4.79 Å². The van der Waals surface area contributed by atoms with Gasteiger partial charge in [0.15, 0.2) is 0 Å². The van der Waals surface area contributed by atoms with Gasteiger partial charge in [-0.2, -0.15) is 0 Å². The number of rotatable bonds is 6. The molecule has 0 saturated carbocycles. The molecule has 5 nitrogen and oxygen atoms in total. The highest BCUT2D eigenvalue weighted by atomic mass is 32.2. The van der Waals surface area contributed by atoms with Crippen LogP contribution in [0.15, 0.2) is 64.2 Å². The van der Waals surface area contributed by atoms with E-state index in [-0.39, 0.29) is 23.1 Å². The number of hydrogen-bond acceptors (Lipinski definition) is 5. The van der Waals surface area contributed by atoms with Crippen molar-refractivity contribution in [2.45, 2.75) is 44.4 Å². The van der Waals surface area contributed by atoms with Gasteiger partial charge >= 0.3 is 0 Å². The molecular formula is C22H25N3O2S. The summed E-state index contributed by atoms with van der Waals surface area (Å²) >= 11 is 1.24. The SMILES string of the molecule is C[C@@H](NC(=O)CSc1nnc(-c2ccc(C(C)(C)C)cc2)o1)c1ccccc1. The summed E-state index contributed by atoms with van der Waals surface area (Å²) in [5.74, 6) is 0.610. The van der Waals surface area contributed by atoms with Crippen LogP contribution >= 0.6 is 11.8 Å². The Hall–Kier alpha value is -2.60. The van der Waals surface area contributed by atoms with E-state index in [1.165, 1.54) is 17.3 Å². The molecule has 0 spiro atoms. The van der Waals surface area contributed by atoms with Crippen LogP contribution in [0.3, 0.4) is 0 Å². The first-order valence-corrected chi connectivity index (χ1v) is 10.2. The largest absolute Gasteiger partial charge is 0.411 e. The highest BCUT2D eigenvalue weighted by molar-refractivity contribution is 7.99. The lowest BCUT2D eigenvalue weighted by Crippen LogP contribution is -2.28. The van der Waals surface area contributed by atoms with E-state index in [9.17, 15) is 4.79 Å². The zero-order valence-electron chi connectivity index (χ0n) is 16.6. The van der Waals surface area contributed by atoms with Gasteiger partial charge in [0.05, 0.1) is 11.8 Å². The molecule has 0 radical (unpaired) electrons. The molecule has 1 amide bonds. The second-order valence-corrected chi connectivity index (χ2v) is 8.62. The van der Waals surface area contributed by atoms with Crippen LogP contribution in [0.1, 0.15) is 44.9 Å². The number of aromatic nitrogens is 2. The van der Waals surface area contributed by atoms with Gasteiger partial charge in [-0.25, -0.2) is 0 Å². The normalized spacial score (nSPS) is 12.6. The molecule has 0 bridgehead atoms. The van der Waals surface area contributed by atoms with Crippen LogP contribution in [0.2, 0.25) is 0 Å². The maximum Gasteiger partial charge on any atom is 0.277 e. The van der Waals surface area contributed by atoms with Crippen molar-refractivity contribution in [2.75, 3.05) is 5.75 Å². The van der Waals surface area contributed by atoms with Crippen molar-refractivity contribution in [2.24, 2.45) is 0 Å². The second-order valence-electron chi connectivity index (χ2n) is 7.69. The molecule has 146 valence electrons. The van der Waals surface area contributed by atoms with Crippen LogP contribution in [-0.4, -0.2) is 21.9 Å². The molecule has 1 atom stereocenters. The van der Waals surface area contributed by atoms with E-state index < -0.39 is 0 Å². The lowest BCUT2D eigenvalue weighted by molar-refractivity contribution is -0.119. The summed E-state index contributed by atoms with van der Waals surface area (Å²) in [5, 5.41) is 11.5. The monoisotopic (exact) mass is 395 g/mol. The molecule has 0 aliphatic heterocycles. The quantitative estimate of drug-likeness (QED) is 0.595. The minimum absolute atomic E-state index is 0.0473. The molecule has 1 heterocycles. The third-order valence-electron chi connectivity index (χ3n) is 4.41. The Morgan fingerprint density at radius 3 is 2.39 bits per heavy atom. The molecule has 3 aromatic rings. The van der Waals surface area contributed by atoms with Crippen molar-refractivity contribution in [3.05, 3.63) is 65.7 Å². The maximum absolute atomic E-state index is 12.2. The van der Waals surface area contributed by atoms with Gasteiger partial charge in [0.25, 0.3) is 5.22 Å². The lowest BCUT2D eigenvalue weighted by Gasteiger charge is -2.18. The van der Waals surface area contributed by atoms with E-state index in [0.29, 0.717) is 11.1 Å². The van der Waals surface area contributed by atoms with Crippen LogP contribution in [-0.2, 0) is 10.2 Å². The van der Waals surface area contributed by atoms with Gasteiger partial charge in [-0.05, 0) is 35.6 Å². The number of thioether (sulfide) groups is 1. The number of nitrogens with one attached hydrogen (secondary N) is 1. The Labute approximate surface area is 170 Å². The zero-order valence-corrected chi connectivity index (χ0v) is 17.4. The standard InChI is InChI=1S/C22H25N3O2S/c1-15(16-8-6-5-7-9-16)23-19(26)14-28-21-25-24-20(27-21)17-10-12-18(13-11-17)22(2,3)4/h5-13,15H,14H2,1-4H3,(H,23,26)/t15-/m1/s1. The summed E-state index contributed by atoms with van der Waals surface area (Å²) < 4.78 is 5.70. The van der Waals surface area contributed by atoms with E-state index in [1.54, 1.807) is 0 Å². The molecule has 2 aromatic carbocycles. The smallest absolute Gasteiger partial charge is 0.277 e. The van der Waals surface area contributed by atoms with Gasteiger partial charge in [-0.1, -0.05) is 75.0 Å². The van der Waals surface area contributed by atoms with Gasteiger partial charge in [0.2, 0.25) is 11.8 Å². The Bertz CT molecular complexity index is 915. The molecule has 0 aliphatic rings. The molecule has 0 unspecified atom stereocenters. The predicted octanol–water partition coefficient (Wildman–Crippen LogP) is 5.00. The molecule has 1 N–H and O–H groups in total. The maximum atomic E-state index is 12.2. The van der Waals surface area contributed by atoms with E-state index in [2.05, 4.69) is 48.4 Å². The van der Waals surface area contributed by atoms with Crippen molar-refractivity contribution in [1.29, 1.82) is 0 Å². The fourth-order valence-electron chi connectivity index (χ4n) is 2.73. The fraction of sp³-hybridized carbons (Fsp3) is 0.318. The molecule has 28 heavy (non-hydrogen) atoms. The van der Waals surface area contributed by atoms with Gasteiger partial charge < -0.3 is 9.73 Å². The van der Waals surface area contributed by atoms with Crippen LogP contribution < -0.4 is 5.32 Å². The van der Waals surface area contributed by atoms with Gasteiger partial charge in [-0.15, -0.1) is 10.2 Å². The summed E-state index contributed by atoms with van der Waals surface area (Å²) in [5.41, 5.74) is 3.28. The van der Waals surface area contributed by atoms with Crippen LogP contribution in [0, 0.1) is 0 Å². The third-order valence-corrected chi connectivity index (χ3v) is 5.23. The van der Waals surface area contributed by atoms with Crippen molar-refractivity contribution < 1.29 is 9.21 Å². The molecule has 1 aromatic heterocycles. The summed E-state index contributed by atoms with van der Waals surface area (Å²) in [6.07, 6.45) is 0. The van der Waals surface area contributed by atoms with Crippen molar-refractivity contribution in [3.63, 3.8) is 0 Å². The number of benzene rings is 2. The molecule has 6 heteroatoms. The fourth-order valence-corrected chi connectivity index (χ4v) is 3.31. The van der Waals surface area contributed by atoms with E-state index in [1.807, 2.05) is 49.4 Å². The molecule has 0 fully saturated rings. The Morgan fingerprint density at radius 2 is 1.75 bits per heavy atom. The zero-order chi connectivity index (χ0) is 20.1. The lowest BCUT2D eigenvalue weighted by atomic mass is 9.87. The van der Waals surface area contributed by atoms with Crippen molar-refractivity contribution in [3.8, 4) is 11.5 Å². The molecule has 0 saturated heterocycles. The second kappa shape index (κ2) is 8.61. The average Bonchev–Trinajstić information content (AvgIpc) is 3.15. The first-order valence-electron chi connectivity index (χ1n) is 9.24. The number of nitrogens with zero attached hydrogens (tertiary/aromatic N) is 2. The number of amides is 1. The highest BCUT2D eigenvalue weighted by Gasteiger charge is 2.16. The number of hydrogen-bond donors (Lipinski definition) is 1. The molecular weight excluding hydrogens is 370 g/mol. The Morgan fingerprint density at radius 1 is 1.07 bits per heavy atom. The first kappa shape index (κ1) is 20.1. The Kier molecular flexibility index (Phi) is 6.19. The Balaban J connectivity index is 1.55. The van der Waals surface area contributed by atoms with Crippen molar-refractivity contribution in [1.82, 2.24) is 15.5 Å². The summed E-state index contributed by atoms with van der Waals surface area (Å²) in [6.45, 7) is 8.48. The van der Waals surface area contributed by atoms with E-state index in [4.69, 9.17) is 4.42 Å². The first-order chi connectivity index (χ1) is 13.3. The topological polar surface area (TPSA) is 68.0 Å². The van der Waals surface area contributed by atoms with Crippen LogP contribution in [0.5, 0.6) is 0 Å². The third kappa shape index (κ3) is 5.23. The molecule has 0 aliphatic carbocycles. The van der Waals surface area contributed by atoms with Crippen LogP contribution in [0.25, 0.3) is 11.5 Å². The summed E-state index contributed by atoms with van der Waals surface area (Å²) in [7, 11) is 0. The van der Waals surface area contributed by atoms with Gasteiger partial charge in [0.1, 0.15) is 0 Å². The average molecular weight is 396 g/mol. The summed E-state index contributed by atoms with van der Waals surface area (Å²) in [6, 6.07) is 17.9. The molecule has 3 rings (SSSR count). The minimum atomic E-state index is -0.0735. The summed E-state index contributed by atoms with van der Waals surface area (Å²) in [4.78, 5) is 12.2. The number of carbonyl (C=O) groups excluding carboxylic acids is 1. The van der Waals surface area contributed by atoms with E-state index >= 15 is 0 Å². The number of carbonyl (C=O) groups is 1. The van der Waals surface area contributed by atoms with Crippen LogP contribution in [0.4, 0.5) is 0 Å². The van der Waals surface area contributed by atoms with Crippen molar-refractivity contribution >= 4 is 17.7 Å². The predicted molar refractivity (Wildman–Crippen MR) is 112 cm³/mol. The van der Waals surface area contributed by atoms with Gasteiger partial charge in [0, 0.05) is 5.56 Å². The highest BCUT2D eigenvalue weighted by Crippen LogP contribution is 2.27. The minimum Gasteiger partial charge on any atom is -0.411 e. The van der Waals surface area contributed by atoms with E-state index in [0.717, 1.165) is 11.1 Å².